The van der Waals surface area contributed by atoms with E-state index in [9.17, 15) is 14.9 Å². The lowest BCUT2D eigenvalue weighted by atomic mass is 10.3. The van der Waals surface area contributed by atoms with Gasteiger partial charge >= 0.3 is 6.03 Å². The van der Waals surface area contributed by atoms with E-state index in [1.807, 2.05) is 13.8 Å². The first-order chi connectivity index (χ1) is 7.90. The fourth-order valence-electron chi connectivity index (χ4n) is 1.16. The summed E-state index contributed by atoms with van der Waals surface area (Å²) in [6.45, 7) is 3.65. The molecule has 1 aromatic rings. The highest BCUT2D eigenvalue weighted by Gasteiger charge is 2.13. The molecule has 0 spiro atoms. The SMILES string of the molecule is CC(C)NC(=O)Nc1ccc(Br)c([N+](=O)[O-])c1. The largest absolute Gasteiger partial charge is 0.336 e. The van der Waals surface area contributed by atoms with E-state index in [-0.39, 0.29) is 11.7 Å². The summed E-state index contributed by atoms with van der Waals surface area (Å²) in [7, 11) is 0. The Morgan fingerprint density at radius 3 is 2.65 bits per heavy atom. The van der Waals surface area contributed by atoms with Gasteiger partial charge in [0.15, 0.2) is 0 Å². The Hall–Kier alpha value is -1.63. The van der Waals surface area contributed by atoms with Crippen molar-refractivity contribution in [2.24, 2.45) is 0 Å². The third-order valence-electron chi connectivity index (χ3n) is 1.82. The minimum Gasteiger partial charge on any atom is -0.336 e. The first kappa shape index (κ1) is 13.4. The number of halogens is 1. The van der Waals surface area contributed by atoms with Crippen LogP contribution in [0.3, 0.4) is 0 Å². The van der Waals surface area contributed by atoms with Crippen molar-refractivity contribution < 1.29 is 9.72 Å². The third-order valence-corrected chi connectivity index (χ3v) is 2.49. The Balaban J connectivity index is 2.82. The second kappa shape index (κ2) is 5.62. The summed E-state index contributed by atoms with van der Waals surface area (Å²) < 4.78 is 0.373. The van der Waals surface area contributed by atoms with Crippen LogP contribution in [0.1, 0.15) is 13.8 Å². The normalized spacial score (nSPS) is 10.1. The van der Waals surface area contributed by atoms with Crippen molar-refractivity contribution in [2.45, 2.75) is 19.9 Å². The maximum absolute atomic E-state index is 11.4. The zero-order valence-electron chi connectivity index (χ0n) is 9.36. The summed E-state index contributed by atoms with van der Waals surface area (Å²) in [5.41, 5.74) is 0.283. The Morgan fingerprint density at radius 1 is 1.47 bits per heavy atom. The van der Waals surface area contributed by atoms with Gasteiger partial charge in [0, 0.05) is 17.8 Å². The van der Waals surface area contributed by atoms with Crippen molar-refractivity contribution in [1.29, 1.82) is 0 Å². The lowest BCUT2D eigenvalue weighted by Gasteiger charge is -2.10. The van der Waals surface area contributed by atoms with E-state index in [2.05, 4.69) is 26.6 Å². The number of hydrogen-bond acceptors (Lipinski definition) is 3. The Labute approximate surface area is 107 Å². The number of rotatable bonds is 3. The van der Waals surface area contributed by atoms with Crippen LogP contribution in [0.25, 0.3) is 0 Å². The molecule has 7 heteroatoms. The summed E-state index contributed by atoms with van der Waals surface area (Å²) >= 11 is 3.07. The molecule has 1 aromatic carbocycles. The van der Waals surface area contributed by atoms with Gasteiger partial charge in [-0.05, 0) is 41.9 Å². The van der Waals surface area contributed by atoms with Crippen LogP contribution in [0, 0.1) is 10.1 Å². The van der Waals surface area contributed by atoms with Crippen LogP contribution >= 0.6 is 15.9 Å². The van der Waals surface area contributed by atoms with E-state index < -0.39 is 11.0 Å². The van der Waals surface area contributed by atoms with E-state index in [0.717, 1.165) is 0 Å². The van der Waals surface area contributed by atoms with E-state index in [1.165, 1.54) is 12.1 Å². The lowest BCUT2D eigenvalue weighted by Crippen LogP contribution is -2.34. The molecule has 0 heterocycles. The second-order valence-corrected chi connectivity index (χ2v) is 4.53. The number of carbonyl (C=O) groups is 1. The first-order valence-corrected chi connectivity index (χ1v) is 5.71. The standard InChI is InChI=1S/C10H12BrN3O3/c1-6(2)12-10(15)13-7-3-4-8(11)9(5-7)14(16)17/h3-6H,1-2H3,(H2,12,13,15). The maximum Gasteiger partial charge on any atom is 0.319 e. The third kappa shape index (κ3) is 4.03. The molecule has 0 aliphatic heterocycles. The Kier molecular flexibility index (Phi) is 4.45. The number of urea groups is 1. The van der Waals surface area contributed by atoms with E-state index in [4.69, 9.17) is 0 Å². The Bertz CT molecular complexity index is 448. The molecule has 0 aromatic heterocycles. The molecule has 1 rings (SSSR count). The average molecular weight is 302 g/mol. The molecule has 0 radical (unpaired) electrons. The molecule has 2 N–H and O–H groups in total. The van der Waals surface area contributed by atoms with Crippen LogP contribution in [0.5, 0.6) is 0 Å². The molecule has 0 saturated heterocycles. The molecule has 2 amide bonds. The maximum atomic E-state index is 11.4. The predicted molar refractivity (Wildman–Crippen MR) is 68.1 cm³/mol. The van der Waals surface area contributed by atoms with Gasteiger partial charge in [0.1, 0.15) is 0 Å². The minimum atomic E-state index is -0.518. The molecule has 92 valence electrons. The number of carbonyl (C=O) groups excluding carboxylic acids is 1. The highest BCUT2D eigenvalue weighted by molar-refractivity contribution is 9.10. The number of amides is 2. The predicted octanol–water partition coefficient (Wildman–Crippen LogP) is 2.89. The summed E-state index contributed by atoms with van der Waals surface area (Å²) in [4.78, 5) is 21.6. The number of benzene rings is 1. The van der Waals surface area contributed by atoms with Crippen molar-refractivity contribution in [2.75, 3.05) is 5.32 Å². The van der Waals surface area contributed by atoms with Crippen molar-refractivity contribution in [3.63, 3.8) is 0 Å². The topological polar surface area (TPSA) is 84.3 Å². The zero-order chi connectivity index (χ0) is 13.0. The fraction of sp³-hybridized carbons (Fsp3) is 0.300. The van der Waals surface area contributed by atoms with Gasteiger partial charge < -0.3 is 10.6 Å². The summed E-state index contributed by atoms with van der Waals surface area (Å²) in [6.07, 6.45) is 0. The number of hydrogen-bond donors (Lipinski definition) is 2. The van der Waals surface area contributed by atoms with Gasteiger partial charge in [-0.15, -0.1) is 0 Å². The van der Waals surface area contributed by atoms with Crippen LogP contribution in [0.4, 0.5) is 16.2 Å². The summed E-state index contributed by atoms with van der Waals surface area (Å²) in [5, 5.41) is 15.8. The highest BCUT2D eigenvalue weighted by Crippen LogP contribution is 2.27. The number of nitrogens with zero attached hydrogens (tertiary/aromatic N) is 1. The van der Waals surface area contributed by atoms with Crippen LogP contribution in [0.2, 0.25) is 0 Å². The van der Waals surface area contributed by atoms with Gasteiger partial charge in [0.2, 0.25) is 0 Å². The van der Waals surface area contributed by atoms with Crippen molar-refractivity contribution in [3.05, 3.63) is 32.8 Å². The Morgan fingerprint density at radius 2 is 2.12 bits per heavy atom. The van der Waals surface area contributed by atoms with Crippen molar-refractivity contribution >= 4 is 33.3 Å². The summed E-state index contributed by atoms with van der Waals surface area (Å²) in [5.74, 6) is 0. The van der Waals surface area contributed by atoms with E-state index >= 15 is 0 Å². The number of anilines is 1. The molecule has 0 unspecified atom stereocenters. The first-order valence-electron chi connectivity index (χ1n) is 4.91. The molecule has 0 saturated carbocycles. The molecule has 0 aliphatic rings. The highest BCUT2D eigenvalue weighted by atomic mass is 79.9. The van der Waals surface area contributed by atoms with Gasteiger partial charge in [-0.3, -0.25) is 10.1 Å². The van der Waals surface area contributed by atoms with Crippen LogP contribution in [0.15, 0.2) is 22.7 Å². The van der Waals surface area contributed by atoms with Crippen LogP contribution < -0.4 is 10.6 Å². The fourth-order valence-corrected chi connectivity index (χ4v) is 1.55. The molecule has 0 bridgehead atoms. The zero-order valence-corrected chi connectivity index (χ0v) is 10.9. The van der Waals surface area contributed by atoms with Gasteiger partial charge in [-0.25, -0.2) is 4.79 Å². The van der Waals surface area contributed by atoms with Gasteiger partial charge in [0.25, 0.3) is 5.69 Å². The second-order valence-electron chi connectivity index (χ2n) is 3.68. The molecule has 6 nitrogen and oxygen atoms in total. The molecule has 17 heavy (non-hydrogen) atoms. The smallest absolute Gasteiger partial charge is 0.319 e. The summed E-state index contributed by atoms with van der Waals surface area (Å²) in [6, 6.07) is 4.00. The minimum absolute atomic E-state index is 0.000402. The van der Waals surface area contributed by atoms with Crippen LogP contribution in [-0.2, 0) is 0 Å². The molecule has 0 aliphatic carbocycles. The lowest BCUT2D eigenvalue weighted by molar-refractivity contribution is -0.385. The van der Waals surface area contributed by atoms with Gasteiger partial charge in [-0.1, -0.05) is 0 Å². The van der Waals surface area contributed by atoms with Crippen molar-refractivity contribution in [1.82, 2.24) is 5.32 Å². The van der Waals surface area contributed by atoms with E-state index in [0.29, 0.717) is 10.2 Å². The molecule has 0 atom stereocenters. The average Bonchev–Trinajstić information content (AvgIpc) is 2.19. The van der Waals surface area contributed by atoms with E-state index in [1.54, 1.807) is 6.07 Å². The molecular weight excluding hydrogens is 290 g/mol. The van der Waals surface area contributed by atoms with Crippen molar-refractivity contribution in [3.8, 4) is 0 Å². The molecule has 0 fully saturated rings. The van der Waals surface area contributed by atoms with Crippen LogP contribution in [-0.4, -0.2) is 17.0 Å². The van der Waals surface area contributed by atoms with Gasteiger partial charge in [-0.2, -0.15) is 0 Å². The number of nitro benzene ring substituents is 1. The monoisotopic (exact) mass is 301 g/mol. The molecular formula is C10H12BrN3O3. The number of nitro groups is 1. The quantitative estimate of drug-likeness (QED) is 0.665. The van der Waals surface area contributed by atoms with Gasteiger partial charge in [0.05, 0.1) is 9.40 Å². The number of nitrogens with one attached hydrogen (secondary N) is 2.